The maximum absolute atomic E-state index is 13.9. The third kappa shape index (κ3) is 6.90. The summed E-state index contributed by atoms with van der Waals surface area (Å²) in [7, 11) is -1.73. The van der Waals surface area contributed by atoms with Crippen molar-refractivity contribution in [3.63, 3.8) is 0 Å². The van der Waals surface area contributed by atoms with Gasteiger partial charge in [-0.15, -0.1) is 0 Å². The molecule has 3 rings (SSSR count). The van der Waals surface area contributed by atoms with Crippen LogP contribution in [0.15, 0.2) is 60.7 Å². The zero-order valence-corrected chi connectivity index (χ0v) is 21.6. The molecule has 0 aromatic heterocycles. The predicted octanol–water partition coefficient (Wildman–Crippen LogP) is 2.06. The van der Waals surface area contributed by atoms with Crippen molar-refractivity contribution in [1.29, 1.82) is 0 Å². The van der Waals surface area contributed by atoms with E-state index in [9.17, 15) is 24.4 Å². The summed E-state index contributed by atoms with van der Waals surface area (Å²) >= 11 is 0. The fraction of sp³-hybridized carbons (Fsp3) is 0.444. The number of ether oxygens (including phenoxy) is 1. The average molecular weight is 509 g/mol. The lowest BCUT2D eigenvalue weighted by atomic mass is 9.77. The van der Waals surface area contributed by atoms with Gasteiger partial charge in [0.15, 0.2) is 0 Å². The molecule has 2 aromatic carbocycles. The number of hydrogen-bond donors (Lipinski definition) is 4. The molecule has 1 heterocycles. The van der Waals surface area contributed by atoms with Crippen molar-refractivity contribution < 1.29 is 29.2 Å². The van der Waals surface area contributed by atoms with Crippen LogP contribution in [0, 0.1) is 5.92 Å². The number of hydrogen-bond acceptors (Lipinski definition) is 6. The second-order valence-electron chi connectivity index (χ2n) is 9.70. The van der Waals surface area contributed by atoms with Crippen LogP contribution in [0.3, 0.4) is 0 Å². The van der Waals surface area contributed by atoms with Crippen molar-refractivity contribution in [1.82, 2.24) is 15.5 Å². The highest BCUT2D eigenvalue weighted by Crippen LogP contribution is 2.33. The van der Waals surface area contributed by atoms with Crippen LogP contribution in [0.5, 0.6) is 0 Å². The molecule has 37 heavy (non-hydrogen) atoms. The van der Waals surface area contributed by atoms with Gasteiger partial charge in [0.2, 0.25) is 11.8 Å². The van der Waals surface area contributed by atoms with Gasteiger partial charge in [-0.05, 0) is 29.9 Å². The average Bonchev–Trinajstić information content (AvgIpc) is 3.22. The molecule has 198 valence electrons. The highest BCUT2D eigenvalue weighted by molar-refractivity contribution is 6.43. The Balaban J connectivity index is 1.81. The van der Waals surface area contributed by atoms with E-state index in [-0.39, 0.29) is 31.4 Å². The third-order valence-corrected chi connectivity index (χ3v) is 6.99. The molecule has 4 N–H and O–H groups in total. The van der Waals surface area contributed by atoms with Gasteiger partial charge in [-0.1, -0.05) is 81.4 Å². The normalized spacial score (nSPS) is 18.9. The van der Waals surface area contributed by atoms with Crippen molar-refractivity contribution in [3.05, 3.63) is 71.8 Å². The van der Waals surface area contributed by atoms with Crippen LogP contribution in [0.4, 0.5) is 4.79 Å². The van der Waals surface area contributed by atoms with Crippen molar-refractivity contribution in [3.8, 4) is 0 Å². The van der Waals surface area contributed by atoms with Gasteiger partial charge in [-0.2, -0.15) is 0 Å². The van der Waals surface area contributed by atoms with E-state index in [0.29, 0.717) is 12.8 Å². The minimum atomic E-state index is -1.73. The van der Waals surface area contributed by atoms with E-state index in [4.69, 9.17) is 4.74 Å². The lowest BCUT2D eigenvalue weighted by Crippen LogP contribution is -2.61. The summed E-state index contributed by atoms with van der Waals surface area (Å²) in [4.78, 5) is 41.5. The first kappa shape index (κ1) is 28.2. The summed E-state index contributed by atoms with van der Waals surface area (Å²) in [6, 6.07) is 17.7. The first-order chi connectivity index (χ1) is 17.7. The monoisotopic (exact) mass is 509 g/mol. The third-order valence-electron chi connectivity index (χ3n) is 6.99. The minimum absolute atomic E-state index is 0.0691. The molecule has 9 nitrogen and oxygen atoms in total. The number of alkyl carbamates (subject to hydrolysis) is 1. The van der Waals surface area contributed by atoms with E-state index in [1.165, 1.54) is 4.90 Å². The molecule has 2 aromatic rings. The molecule has 1 aliphatic rings. The van der Waals surface area contributed by atoms with Crippen molar-refractivity contribution in [2.24, 2.45) is 5.92 Å². The summed E-state index contributed by atoms with van der Waals surface area (Å²) < 4.78 is 5.39. The summed E-state index contributed by atoms with van der Waals surface area (Å²) in [5.74, 6) is -1.99. The van der Waals surface area contributed by atoms with Gasteiger partial charge in [0.05, 0.1) is 5.94 Å². The van der Waals surface area contributed by atoms with E-state index in [1.807, 2.05) is 74.5 Å². The maximum Gasteiger partial charge on any atom is 0.475 e. The number of nitrogens with zero attached hydrogens (tertiary/aromatic N) is 1. The highest BCUT2D eigenvalue weighted by Gasteiger charge is 2.53. The van der Waals surface area contributed by atoms with E-state index in [1.54, 1.807) is 6.92 Å². The fourth-order valence-corrected chi connectivity index (χ4v) is 4.64. The molecule has 0 aliphatic carbocycles. The zero-order valence-electron chi connectivity index (χ0n) is 21.6. The largest absolute Gasteiger partial charge is 0.475 e. The lowest BCUT2D eigenvalue weighted by molar-refractivity contribution is -0.142. The van der Waals surface area contributed by atoms with Gasteiger partial charge in [-0.3, -0.25) is 9.59 Å². The molecule has 3 atom stereocenters. The zero-order chi connectivity index (χ0) is 27.0. The molecule has 10 heteroatoms. The van der Waals surface area contributed by atoms with Gasteiger partial charge in [0.1, 0.15) is 18.2 Å². The Morgan fingerprint density at radius 2 is 1.65 bits per heavy atom. The van der Waals surface area contributed by atoms with Crippen LogP contribution in [-0.4, -0.2) is 64.0 Å². The number of carbonyl (C=O) groups excluding carboxylic acids is 3. The van der Waals surface area contributed by atoms with E-state index in [2.05, 4.69) is 10.6 Å². The quantitative estimate of drug-likeness (QED) is 0.344. The van der Waals surface area contributed by atoms with Crippen molar-refractivity contribution in [2.75, 3.05) is 6.54 Å². The molecule has 0 radical (unpaired) electrons. The first-order valence-corrected chi connectivity index (χ1v) is 12.7. The van der Waals surface area contributed by atoms with Crippen LogP contribution >= 0.6 is 0 Å². The Kier molecular flexibility index (Phi) is 9.71. The van der Waals surface area contributed by atoms with Crippen LogP contribution in [0.2, 0.25) is 0 Å². The summed E-state index contributed by atoms with van der Waals surface area (Å²) in [6.45, 7) is 5.74. The van der Waals surface area contributed by atoms with Crippen LogP contribution in [0.25, 0.3) is 0 Å². The first-order valence-electron chi connectivity index (χ1n) is 12.7. The summed E-state index contributed by atoms with van der Waals surface area (Å²) in [5, 5.41) is 24.8. The number of benzene rings is 2. The topological polar surface area (TPSA) is 128 Å². The fourth-order valence-electron chi connectivity index (χ4n) is 4.64. The Bertz CT molecular complexity index is 1050. The molecule has 1 fully saturated rings. The van der Waals surface area contributed by atoms with E-state index < -0.39 is 36.6 Å². The van der Waals surface area contributed by atoms with Crippen LogP contribution < -0.4 is 10.6 Å². The molecule has 0 unspecified atom stereocenters. The molecule has 0 saturated carbocycles. The smallest absolute Gasteiger partial charge is 0.445 e. The molecular weight excluding hydrogens is 473 g/mol. The molecule has 0 spiro atoms. The second kappa shape index (κ2) is 12.7. The molecule has 1 saturated heterocycles. The molecule has 0 bridgehead atoms. The Labute approximate surface area is 218 Å². The number of nitrogens with one attached hydrogen (secondary N) is 2. The highest BCUT2D eigenvalue weighted by atomic mass is 16.5. The number of likely N-dealkylation sites (tertiary alicyclic amines) is 1. The predicted molar refractivity (Wildman–Crippen MR) is 140 cm³/mol. The van der Waals surface area contributed by atoms with Crippen molar-refractivity contribution in [2.45, 2.75) is 64.2 Å². The van der Waals surface area contributed by atoms with Crippen LogP contribution in [0.1, 0.15) is 44.7 Å². The van der Waals surface area contributed by atoms with Crippen molar-refractivity contribution >= 4 is 25.0 Å². The van der Waals surface area contributed by atoms with Gasteiger partial charge >= 0.3 is 13.2 Å². The van der Waals surface area contributed by atoms with Gasteiger partial charge in [0.25, 0.3) is 0 Å². The molecule has 1 aliphatic heterocycles. The van der Waals surface area contributed by atoms with Gasteiger partial charge in [0, 0.05) is 13.0 Å². The van der Waals surface area contributed by atoms with Crippen LogP contribution in [-0.2, 0) is 27.4 Å². The Morgan fingerprint density at radius 1 is 1.05 bits per heavy atom. The van der Waals surface area contributed by atoms with Gasteiger partial charge < -0.3 is 30.3 Å². The molecule has 3 amide bonds. The van der Waals surface area contributed by atoms with E-state index in [0.717, 1.165) is 11.1 Å². The summed E-state index contributed by atoms with van der Waals surface area (Å²) in [5.41, 5.74) is 0.445. The SMILES string of the molecule is CC[C@H](NC(=O)[C@H](Cc1ccccc1)N1CC[C@](NC(=O)OCc2ccccc2)(C(C)C)C1=O)B(O)O. The van der Waals surface area contributed by atoms with Gasteiger partial charge in [-0.25, -0.2) is 4.79 Å². The number of carbonyl (C=O) groups is 3. The lowest BCUT2D eigenvalue weighted by Gasteiger charge is -2.34. The summed E-state index contributed by atoms with van der Waals surface area (Å²) in [6.07, 6.45) is 0.150. The number of rotatable bonds is 11. The maximum atomic E-state index is 13.9. The molecular formula is C27H36BN3O6. The minimum Gasteiger partial charge on any atom is -0.445 e. The Morgan fingerprint density at radius 3 is 2.19 bits per heavy atom. The number of amides is 3. The Hall–Kier alpha value is -3.37. The second-order valence-corrected chi connectivity index (χ2v) is 9.70. The standard InChI is InChI=1S/C27H36BN3O6/c1-4-23(28(35)36)29-24(32)22(17-20-11-7-5-8-12-20)31-16-15-27(19(2)3,25(31)33)30-26(34)37-18-21-13-9-6-10-14-21/h5-14,19,22-23,35-36H,4,15-18H2,1-3H3,(H,29,32)(H,30,34)/t22-,23-,27-/m0/s1. The van der Waals surface area contributed by atoms with E-state index >= 15 is 0 Å².